The topological polar surface area (TPSA) is 76.7 Å². The van der Waals surface area contributed by atoms with Crippen LogP contribution in [-0.4, -0.2) is 25.5 Å². The highest BCUT2D eigenvalue weighted by atomic mass is 16.5. The number of methoxy groups -OCH3 is 1. The Kier molecular flexibility index (Phi) is 6.32. The molecule has 2 amide bonds. The van der Waals surface area contributed by atoms with Gasteiger partial charge in [-0.1, -0.05) is 54.6 Å². The quantitative estimate of drug-likeness (QED) is 0.430. The third-order valence-electron chi connectivity index (χ3n) is 4.86. The largest absolute Gasteiger partial charge is 0.495 e. The molecule has 0 unspecified atom stereocenters. The second-order valence-electron chi connectivity index (χ2n) is 7.05. The molecule has 0 bridgehead atoms. The third kappa shape index (κ3) is 4.87. The Labute approximate surface area is 185 Å². The SMILES string of the molecule is COc1ccccc1NC(=O)c1cc2ccccc2cc1OCC(=O)Nc1ccccc1. The van der Waals surface area contributed by atoms with Crippen LogP contribution in [0.15, 0.2) is 91.0 Å². The van der Waals surface area contributed by atoms with Crippen molar-refractivity contribution < 1.29 is 19.1 Å². The minimum Gasteiger partial charge on any atom is -0.495 e. The molecule has 0 aliphatic rings. The van der Waals surface area contributed by atoms with Crippen LogP contribution in [0.4, 0.5) is 11.4 Å². The van der Waals surface area contributed by atoms with Crippen LogP contribution in [0.2, 0.25) is 0 Å². The molecule has 0 fully saturated rings. The minimum absolute atomic E-state index is 0.234. The molecule has 6 heteroatoms. The molecule has 0 aliphatic heterocycles. The van der Waals surface area contributed by atoms with Crippen molar-refractivity contribution in [3.05, 3.63) is 96.6 Å². The number of ether oxygens (including phenoxy) is 2. The van der Waals surface area contributed by atoms with Crippen LogP contribution in [0.5, 0.6) is 11.5 Å². The lowest BCUT2D eigenvalue weighted by atomic mass is 10.1. The van der Waals surface area contributed by atoms with Gasteiger partial charge in [0.15, 0.2) is 6.61 Å². The zero-order valence-electron chi connectivity index (χ0n) is 17.5. The molecule has 0 atom stereocenters. The number of fused-ring (bicyclic) bond motifs is 1. The normalized spacial score (nSPS) is 10.4. The summed E-state index contributed by atoms with van der Waals surface area (Å²) < 4.78 is 11.1. The average Bonchev–Trinajstić information content (AvgIpc) is 2.83. The summed E-state index contributed by atoms with van der Waals surface area (Å²) in [5.41, 5.74) is 1.54. The third-order valence-corrected chi connectivity index (χ3v) is 4.86. The maximum atomic E-state index is 13.1. The lowest BCUT2D eigenvalue weighted by Crippen LogP contribution is -2.21. The summed E-state index contributed by atoms with van der Waals surface area (Å²) in [6.45, 7) is -0.234. The second-order valence-corrected chi connectivity index (χ2v) is 7.05. The van der Waals surface area contributed by atoms with Gasteiger partial charge in [-0.05, 0) is 47.2 Å². The van der Waals surface area contributed by atoms with Crippen molar-refractivity contribution in [3.8, 4) is 11.5 Å². The first kappa shape index (κ1) is 20.9. The molecule has 2 N–H and O–H groups in total. The molecule has 4 rings (SSSR count). The fraction of sp³-hybridized carbons (Fsp3) is 0.0769. The summed E-state index contributed by atoms with van der Waals surface area (Å²) in [5.74, 6) is 0.185. The van der Waals surface area contributed by atoms with E-state index in [4.69, 9.17) is 9.47 Å². The maximum Gasteiger partial charge on any atom is 0.262 e. The lowest BCUT2D eigenvalue weighted by molar-refractivity contribution is -0.118. The first-order valence-electron chi connectivity index (χ1n) is 10.1. The molecule has 0 saturated heterocycles. The van der Waals surface area contributed by atoms with E-state index in [1.54, 1.807) is 43.5 Å². The molecule has 0 aliphatic carbocycles. The number of carbonyl (C=O) groups excluding carboxylic acids is 2. The smallest absolute Gasteiger partial charge is 0.262 e. The molecule has 6 nitrogen and oxygen atoms in total. The van der Waals surface area contributed by atoms with Gasteiger partial charge in [0, 0.05) is 5.69 Å². The molecule has 0 heterocycles. The Morgan fingerprint density at radius 1 is 0.750 bits per heavy atom. The number of benzene rings is 4. The van der Waals surface area contributed by atoms with Crippen molar-refractivity contribution in [3.63, 3.8) is 0 Å². The van der Waals surface area contributed by atoms with Gasteiger partial charge in [0.2, 0.25) is 0 Å². The zero-order chi connectivity index (χ0) is 22.3. The van der Waals surface area contributed by atoms with E-state index in [0.29, 0.717) is 28.4 Å². The number of para-hydroxylation sites is 3. The first-order valence-corrected chi connectivity index (χ1v) is 10.1. The summed E-state index contributed by atoms with van der Waals surface area (Å²) in [6.07, 6.45) is 0. The summed E-state index contributed by atoms with van der Waals surface area (Å²) in [5, 5.41) is 7.43. The van der Waals surface area contributed by atoms with Crippen LogP contribution >= 0.6 is 0 Å². The Morgan fingerprint density at radius 2 is 1.41 bits per heavy atom. The molecule has 32 heavy (non-hydrogen) atoms. The number of rotatable bonds is 7. The molecule has 0 aromatic heterocycles. The van der Waals surface area contributed by atoms with Crippen LogP contribution in [0.25, 0.3) is 10.8 Å². The van der Waals surface area contributed by atoms with Crippen LogP contribution in [0.3, 0.4) is 0 Å². The number of nitrogens with one attached hydrogen (secondary N) is 2. The van der Waals surface area contributed by atoms with Gasteiger partial charge < -0.3 is 20.1 Å². The first-order chi connectivity index (χ1) is 15.6. The molecule has 160 valence electrons. The predicted octanol–water partition coefficient (Wildman–Crippen LogP) is 5.12. The molecule has 0 saturated carbocycles. The zero-order valence-corrected chi connectivity index (χ0v) is 17.5. The second kappa shape index (κ2) is 9.66. The summed E-state index contributed by atoms with van der Waals surface area (Å²) in [4.78, 5) is 25.5. The minimum atomic E-state index is -0.362. The van der Waals surface area contributed by atoms with E-state index < -0.39 is 0 Å². The van der Waals surface area contributed by atoms with Crippen molar-refractivity contribution >= 4 is 34.0 Å². The number of carbonyl (C=O) groups is 2. The van der Waals surface area contributed by atoms with Crippen molar-refractivity contribution in [1.29, 1.82) is 0 Å². The highest BCUT2D eigenvalue weighted by Gasteiger charge is 2.17. The maximum absolute atomic E-state index is 13.1. The van der Waals surface area contributed by atoms with Crippen molar-refractivity contribution in [2.24, 2.45) is 0 Å². The lowest BCUT2D eigenvalue weighted by Gasteiger charge is -2.15. The van der Waals surface area contributed by atoms with E-state index >= 15 is 0 Å². The van der Waals surface area contributed by atoms with Crippen molar-refractivity contribution in [2.75, 3.05) is 24.4 Å². The molecular formula is C26H22N2O4. The van der Waals surface area contributed by atoms with E-state index in [1.165, 1.54) is 0 Å². The van der Waals surface area contributed by atoms with Gasteiger partial charge in [-0.25, -0.2) is 0 Å². The average molecular weight is 426 g/mol. The standard InChI is InChI=1S/C26H22N2O4/c1-31-23-14-8-7-13-22(23)28-26(30)21-15-18-9-5-6-10-19(18)16-24(21)32-17-25(29)27-20-11-3-2-4-12-20/h2-16H,17H2,1H3,(H,27,29)(H,28,30). The van der Waals surface area contributed by atoms with Gasteiger partial charge in [0.1, 0.15) is 11.5 Å². The van der Waals surface area contributed by atoms with Gasteiger partial charge in [-0.2, -0.15) is 0 Å². The Hall–Kier alpha value is -4.32. The van der Waals surface area contributed by atoms with Crippen molar-refractivity contribution in [1.82, 2.24) is 0 Å². The number of hydrogen-bond acceptors (Lipinski definition) is 4. The van der Waals surface area contributed by atoms with Gasteiger partial charge in [-0.15, -0.1) is 0 Å². The molecule has 4 aromatic rings. The summed E-state index contributed by atoms with van der Waals surface area (Å²) in [7, 11) is 1.54. The Balaban J connectivity index is 1.58. The fourth-order valence-electron chi connectivity index (χ4n) is 3.32. The molecule has 4 aromatic carbocycles. The van der Waals surface area contributed by atoms with Crippen LogP contribution in [-0.2, 0) is 4.79 Å². The van der Waals surface area contributed by atoms with E-state index in [1.807, 2.05) is 54.6 Å². The Bertz CT molecular complexity index is 1260. The summed E-state index contributed by atoms with van der Waals surface area (Å²) in [6, 6.07) is 27.4. The van der Waals surface area contributed by atoms with E-state index in [0.717, 1.165) is 10.8 Å². The number of anilines is 2. The predicted molar refractivity (Wildman–Crippen MR) is 125 cm³/mol. The summed E-state index contributed by atoms with van der Waals surface area (Å²) >= 11 is 0. The Morgan fingerprint density at radius 3 is 2.16 bits per heavy atom. The highest BCUT2D eigenvalue weighted by molar-refractivity contribution is 6.09. The van der Waals surface area contributed by atoms with Crippen molar-refractivity contribution in [2.45, 2.75) is 0 Å². The van der Waals surface area contributed by atoms with Gasteiger partial charge >= 0.3 is 0 Å². The van der Waals surface area contributed by atoms with Crippen LogP contribution in [0.1, 0.15) is 10.4 Å². The molecular weight excluding hydrogens is 404 g/mol. The number of hydrogen-bond donors (Lipinski definition) is 2. The van der Waals surface area contributed by atoms with Crippen LogP contribution in [0, 0.1) is 0 Å². The van der Waals surface area contributed by atoms with Gasteiger partial charge in [0.25, 0.3) is 11.8 Å². The monoisotopic (exact) mass is 426 g/mol. The number of amides is 2. The highest BCUT2D eigenvalue weighted by Crippen LogP contribution is 2.29. The van der Waals surface area contributed by atoms with Gasteiger partial charge in [-0.3, -0.25) is 9.59 Å². The van der Waals surface area contributed by atoms with Gasteiger partial charge in [0.05, 0.1) is 18.4 Å². The van der Waals surface area contributed by atoms with E-state index in [2.05, 4.69) is 10.6 Å². The molecule has 0 spiro atoms. The van der Waals surface area contributed by atoms with Crippen LogP contribution < -0.4 is 20.1 Å². The van der Waals surface area contributed by atoms with E-state index in [9.17, 15) is 9.59 Å². The molecule has 0 radical (unpaired) electrons. The fourth-order valence-corrected chi connectivity index (χ4v) is 3.32. The van der Waals surface area contributed by atoms with E-state index in [-0.39, 0.29) is 18.4 Å².